The molecule has 1 heterocycles. The summed E-state index contributed by atoms with van der Waals surface area (Å²) in [4.78, 5) is 33.3. The van der Waals surface area contributed by atoms with Crippen molar-refractivity contribution in [3.8, 4) is 0 Å². The number of carbonyl (C=O) groups excluding carboxylic acids is 1. The summed E-state index contributed by atoms with van der Waals surface area (Å²) in [6.07, 6.45) is 2.31. The third kappa shape index (κ3) is 3.44. The Morgan fingerprint density at radius 3 is 2.76 bits per heavy atom. The number of amides is 1. The van der Waals surface area contributed by atoms with Crippen LogP contribution < -0.4 is 10.9 Å². The first-order valence-corrected chi connectivity index (χ1v) is 5.19. The number of carboxylic acid groups (broad SMARTS) is 1. The molecule has 2 N–H and O–H groups in total. The van der Waals surface area contributed by atoms with Crippen molar-refractivity contribution < 1.29 is 14.7 Å². The highest BCUT2D eigenvalue weighted by atomic mass is 16.4. The van der Waals surface area contributed by atoms with Gasteiger partial charge in [-0.3, -0.25) is 9.59 Å². The van der Waals surface area contributed by atoms with Crippen molar-refractivity contribution in [1.29, 1.82) is 0 Å². The number of rotatable bonds is 5. The predicted molar refractivity (Wildman–Crippen MR) is 61.0 cm³/mol. The van der Waals surface area contributed by atoms with Crippen LogP contribution in [0.3, 0.4) is 0 Å². The van der Waals surface area contributed by atoms with Crippen molar-refractivity contribution >= 4 is 11.9 Å². The smallest absolute Gasteiger partial charge is 0.341 e. The number of nitrogens with one attached hydrogen (secondary N) is 1. The van der Waals surface area contributed by atoms with Gasteiger partial charge in [0.05, 0.1) is 0 Å². The summed E-state index contributed by atoms with van der Waals surface area (Å²) in [6, 6.07) is 2.77. The Kier molecular flexibility index (Phi) is 4.45. The lowest BCUT2D eigenvalue weighted by Gasteiger charge is -2.05. The molecule has 0 radical (unpaired) electrons. The molecular weight excluding hydrogens is 224 g/mol. The summed E-state index contributed by atoms with van der Waals surface area (Å²) in [7, 11) is 1.54. The van der Waals surface area contributed by atoms with Crippen LogP contribution in [-0.4, -0.2) is 28.6 Å². The van der Waals surface area contributed by atoms with E-state index in [9.17, 15) is 14.4 Å². The van der Waals surface area contributed by atoms with E-state index < -0.39 is 11.5 Å². The fraction of sp³-hybridized carbons (Fsp3) is 0.364. The summed E-state index contributed by atoms with van der Waals surface area (Å²) >= 11 is 0. The highest BCUT2D eigenvalue weighted by molar-refractivity contribution is 5.86. The van der Waals surface area contributed by atoms with Crippen LogP contribution in [0.4, 0.5) is 0 Å². The minimum absolute atomic E-state index is 0.104. The number of aromatic carboxylic acids is 1. The van der Waals surface area contributed by atoms with Gasteiger partial charge in [0, 0.05) is 26.2 Å². The largest absolute Gasteiger partial charge is 0.477 e. The standard InChI is InChI=1S/C11H14N2O4/c1-12-9(14)5-3-7-13-6-2-4-8(10(13)15)11(16)17/h2,4,6H,3,5,7H2,1H3,(H,12,14)(H,16,17). The molecule has 1 aromatic rings. The summed E-state index contributed by atoms with van der Waals surface area (Å²) < 4.78 is 1.30. The maximum Gasteiger partial charge on any atom is 0.341 e. The molecule has 92 valence electrons. The molecule has 0 fully saturated rings. The average molecular weight is 238 g/mol. The van der Waals surface area contributed by atoms with Crippen LogP contribution in [-0.2, 0) is 11.3 Å². The lowest BCUT2D eigenvalue weighted by Crippen LogP contribution is -2.26. The van der Waals surface area contributed by atoms with E-state index in [4.69, 9.17) is 5.11 Å². The van der Waals surface area contributed by atoms with E-state index in [-0.39, 0.29) is 11.5 Å². The molecule has 0 aliphatic heterocycles. The Morgan fingerprint density at radius 2 is 2.18 bits per heavy atom. The number of carboxylic acids is 1. The van der Waals surface area contributed by atoms with Gasteiger partial charge in [0.25, 0.3) is 5.56 Å². The number of carbonyl (C=O) groups is 2. The first-order valence-electron chi connectivity index (χ1n) is 5.19. The predicted octanol–water partition coefficient (Wildman–Crippen LogP) is 0.0727. The number of aromatic nitrogens is 1. The molecule has 0 aliphatic rings. The minimum Gasteiger partial charge on any atom is -0.477 e. The molecule has 0 saturated carbocycles. The first-order chi connectivity index (χ1) is 8.06. The van der Waals surface area contributed by atoms with Crippen LogP contribution >= 0.6 is 0 Å². The molecule has 6 nitrogen and oxygen atoms in total. The van der Waals surface area contributed by atoms with Crippen LogP contribution in [0.25, 0.3) is 0 Å². The zero-order chi connectivity index (χ0) is 12.8. The van der Waals surface area contributed by atoms with E-state index in [2.05, 4.69) is 5.32 Å². The van der Waals surface area contributed by atoms with Crippen LogP contribution in [0.1, 0.15) is 23.2 Å². The van der Waals surface area contributed by atoms with Gasteiger partial charge in [-0.05, 0) is 18.6 Å². The second-order valence-electron chi connectivity index (χ2n) is 3.50. The number of hydrogen-bond donors (Lipinski definition) is 2. The van der Waals surface area contributed by atoms with Crippen molar-refractivity contribution in [1.82, 2.24) is 9.88 Å². The number of hydrogen-bond acceptors (Lipinski definition) is 3. The second-order valence-corrected chi connectivity index (χ2v) is 3.50. The van der Waals surface area contributed by atoms with Gasteiger partial charge in [0.1, 0.15) is 5.56 Å². The maximum absolute atomic E-state index is 11.6. The highest BCUT2D eigenvalue weighted by Crippen LogP contribution is 1.96. The number of nitrogens with zero attached hydrogens (tertiary/aromatic N) is 1. The molecule has 0 bridgehead atoms. The van der Waals surface area contributed by atoms with Crippen molar-refractivity contribution in [3.63, 3.8) is 0 Å². The normalized spacial score (nSPS) is 9.94. The number of pyridine rings is 1. The molecule has 0 aromatic carbocycles. The monoisotopic (exact) mass is 238 g/mol. The Bertz CT molecular complexity index is 479. The van der Waals surface area contributed by atoms with E-state index >= 15 is 0 Å². The molecule has 0 saturated heterocycles. The zero-order valence-corrected chi connectivity index (χ0v) is 9.47. The van der Waals surface area contributed by atoms with Gasteiger partial charge in [-0.15, -0.1) is 0 Å². The van der Waals surface area contributed by atoms with Gasteiger partial charge < -0.3 is 15.0 Å². The lowest BCUT2D eigenvalue weighted by molar-refractivity contribution is -0.120. The molecule has 17 heavy (non-hydrogen) atoms. The van der Waals surface area contributed by atoms with Crippen molar-refractivity contribution in [2.75, 3.05) is 7.05 Å². The van der Waals surface area contributed by atoms with Gasteiger partial charge >= 0.3 is 5.97 Å². The van der Waals surface area contributed by atoms with E-state index in [1.165, 1.54) is 22.9 Å². The van der Waals surface area contributed by atoms with E-state index in [1.54, 1.807) is 7.05 Å². The lowest BCUT2D eigenvalue weighted by atomic mass is 10.2. The Labute approximate surface area is 97.9 Å². The molecule has 1 aromatic heterocycles. The van der Waals surface area contributed by atoms with E-state index in [1.807, 2.05) is 0 Å². The van der Waals surface area contributed by atoms with Gasteiger partial charge in [-0.1, -0.05) is 0 Å². The molecule has 0 spiro atoms. The van der Waals surface area contributed by atoms with Gasteiger partial charge in [0.2, 0.25) is 5.91 Å². The fourth-order valence-corrected chi connectivity index (χ4v) is 1.41. The average Bonchev–Trinajstić information content (AvgIpc) is 2.30. The maximum atomic E-state index is 11.6. The Balaban J connectivity index is 2.72. The van der Waals surface area contributed by atoms with Gasteiger partial charge in [-0.25, -0.2) is 4.79 Å². The molecule has 0 unspecified atom stereocenters. The summed E-state index contributed by atoms with van der Waals surface area (Å²) in [5, 5.41) is 11.2. The van der Waals surface area contributed by atoms with Crippen molar-refractivity contribution in [3.05, 3.63) is 34.2 Å². The van der Waals surface area contributed by atoms with E-state index in [0.717, 1.165) is 0 Å². The minimum atomic E-state index is -1.24. The topological polar surface area (TPSA) is 88.4 Å². The van der Waals surface area contributed by atoms with Crippen LogP contribution in [0.5, 0.6) is 0 Å². The summed E-state index contributed by atoms with van der Waals surface area (Å²) in [5.41, 5.74) is -0.802. The molecule has 1 amide bonds. The SMILES string of the molecule is CNC(=O)CCCn1cccc(C(=O)O)c1=O. The molecule has 0 atom stereocenters. The summed E-state index contributed by atoms with van der Waals surface area (Å²) in [6.45, 7) is 0.327. The highest BCUT2D eigenvalue weighted by Gasteiger charge is 2.09. The second kappa shape index (κ2) is 5.83. The van der Waals surface area contributed by atoms with Crippen LogP contribution in [0.2, 0.25) is 0 Å². The quantitative estimate of drug-likeness (QED) is 0.760. The summed E-state index contributed by atoms with van der Waals surface area (Å²) in [5.74, 6) is -1.34. The van der Waals surface area contributed by atoms with Crippen molar-refractivity contribution in [2.24, 2.45) is 0 Å². The Hall–Kier alpha value is -2.11. The molecule has 6 heteroatoms. The van der Waals surface area contributed by atoms with Crippen LogP contribution in [0.15, 0.2) is 23.1 Å². The first kappa shape index (κ1) is 13.0. The fourth-order valence-electron chi connectivity index (χ4n) is 1.41. The van der Waals surface area contributed by atoms with E-state index in [0.29, 0.717) is 19.4 Å². The molecule has 0 aliphatic carbocycles. The molecular formula is C11H14N2O4. The zero-order valence-electron chi connectivity index (χ0n) is 9.47. The third-order valence-corrected chi connectivity index (χ3v) is 2.33. The van der Waals surface area contributed by atoms with Crippen LogP contribution in [0, 0.1) is 0 Å². The third-order valence-electron chi connectivity index (χ3n) is 2.33. The van der Waals surface area contributed by atoms with Gasteiger partial charge in [0.15, 0.2) is 0 Å². The Morgan fingerprint density at radius 1 is 1.47 bits per heavy atom. The van der Waals surface area contributed by atoms with Crippen molar-refractivity contribution in [2.45, 2.75) is 19.4 Å². The van der Waals surface area contributed by atoms with Gasteiger partial charge in [-0.2, -0.15) is 0 Å². The number of aryl methyl sites for hydroxylation is 1. The molecule has 1 rings (SSSR count).